The second-order valence-electron chi connectivity index (χ2n) is 6.00. The van der Waals surface area contributed by atoms with E-state index in [-0.39, 0.29) is 11.3 Å². The summed E-state index contributed by atoms with van der Waals surface area (Å²) in [4.78, 5) is 24.5. The molecule has 1 saturated carbocycles. The summed E-state index contributed by atoms with van der Waals surface area (Å²) in [5.74, 6) is 0.274. The summed E-state index contributed by atoms with van der Waals surface area (Å²) in [7, 11) is 0. The van der Waals surface area contributed by atoms with Crippen molar-refractivity contribution in [1.29, 1.82) is 0 Å². The topological polar surface area (TPSA) is 37.4 Å². The maximum Gasteiger partial charge on any atom is 0.228 e. The fraction of sp³-hybridized carbons (Fsp3) is 0.857. The summed E-state index contributed by atoms with van der Waals surface area (Å²) in [5.41, 5.74) is -0.272. The number of carbonyl (C=O) groups excluding carboxylic acids is 2. The molecule has 0 aromatic rings. The van der Waals surface area contributed by atoms with Crippen molar-refractivity contribution in [3.05, 3.63) is 0 Å². The molecule has 3 heteroatoms. The molecule has 0 radical (unpaired) electrons. The van der Waals surface area contributed by atoms with Gasteiger partial charge in [0.25, 0.3) is 0 Å². The number of amides is 1. The van der Waals surface area contributed by atoms with Crippen LogP contribution in [0, 0.1) is 5.41 Å². The number of aldehydes is 1. The van der Waals surface area contributed by atoms with Gasteiger partial charge >= 0.3 is 0 Å². The van der Waals surface area contributed by atoms with Crippen LogP contribution in [0.2, 0.25) is 0 Å². The molecule has 0 heterocycles. The van der Waals surface area contributed by atoms with Crippen LogP contribution < -0.4 is 0 Å². The molecule has 0 bridgehead atoms. The molecule has 1 fully saturated rings. The third-order valence-electron chi connectivity index (χ3n) is 3.11. The van der Waals surface area contributed by atoms with Gasteiger partial charge in [-0.2, -0.15) is 0 Å². The van der Waals surface area contributed by atoms with Crippen LogP contribution in [0.3, 0.4) is 0 Å². The van der Waals surface area contributed by atoms with Crippen LogP contribution in [0.25, 0.3) is 0 Å². The van der Waals surface area contributed by atoms with Gasteiger partial charge in [-0.3, -0.25) is 4.79 Å². The van der Waals surface area contributed by atoms with E-state index in [1.54, 1.807) is 0 Å². The lowest BCUT2D eigenvalue weighted by atomic mass is 9.94. The van der Waals surface area contributed by atoms with Crippen molar-refractivity contribution in [3.8, 4) is 0 Å². The Bertz CT molecular complexity index is 264. The maximum atomic E-state index is 12.2. The standard InChI is InChI=1S/C14H25NO2/c1-14(2,3)13(17)15(12-8-9-12)10-6-4-5-7-11-16/h11-12H,4-10H2,1-3H3. The van der Waals surface area contributed by atoms with Gasteiger partial charge in [0, 0.05) is 24.4 Å². The average molecular weight is 239 g/mol. The molecule has 1 rings (SSSR count). The lowest BCUT2D eigenvalue weighted by Crippen LogP contribution is -2.41. The Balaban J connectivity index is 2.34. The molecule has 1 amide bonds. The Morgan fingerprint density at radius 2 is 1.88 bits per heavy atom. The smallest absolute Gasteiger partial charge is 0.228 e. The predicted molar refractivity (Wildman–Crippen MR) is 68.7 cm³/mol. The molecule has 1 aliphatic carbocycles. The highest BCUT2D eigenvalue weighted by molar-refractivity contribution is 5.82. The van der Waals surface area contributed by atoms with Gasteiger partial charge in [0.05, 0.1) is 0 Å². The van der Waals surface area contributed by atoms with Gasteiger partial charge in [-0.25, -0.2) is 0 Å². The first-order valence-electron chi connectivity index (χ1n) is 6.71. The van der Waals surface area contributed by atoms with Crippen LogP contribution in [0.5, 0.6) is 0 Å². The number of hydrogen-bond donors (Lipinski definition) is 0. The summed E-state index contributed by atoms with van der Waals surface area (Å²) < 4.78 is 0. The molecular formula is C14H25NO2. The van der Waals surface area contributed by atoms with Crippen molar-refractivity contribution < 1.29 is 9.59 Å². The zero-order valence-electron chi connectivity index (χ0n) is 11.4. The normalized spacial score (nSPS) is 15.7. The Morgan fingerprint density at radius 3 is 2.35 bits per heavy atom. The van der Waals surface area contributed by atoms with Crippen molar-refractivity contribution in [1.82, 2.24) is 4.90 Å². The molecule has 98 valence electrons. The zero-order chi connectivity index (χ0) is 12.9. The number of carbonyl (C=O) groups is 2. The monoisotopic (exact) mass is 239 g/mol. The van der Waals surface area contributed by atoms with Crippen molar-refractivity contribution in [2.75, 3.05) is 6.54 Å². The highest BCUT2D eigenvalue weighted by Gasteiger charge is 2.36. The van der Waals surface area contributed by atoms with E-state index in [4.69, 9.17) is 0 Å². The van der Waals surface area contributed by atoms with Crippen molar-refractivity contribution in [2.45, 2.75) is 65.3 Å². The molecule has 0 aliphatic heterocycles. The number of nitrogens with zero attached hydrogens (tertiary/aromatic N) is 1. The lowest BCUT2D eigenvalue weighted by molar-refractivity contribution is -0.140. The second-order valence-corrected chi connectivity index (χ2v) is 6.00. The van der Waals surface area contributed by atoms with Crippen LogP contribution in [-0.4, -0.2) is 29.7 Å². The second kappa shape index (κ2) is 6.18. The summed E-state index contributed by atoms with van der Waals surface area (Å²) in [6.07, 6.45) is 6.96. The molecule has 0 aromatic carbocycles. The Morgan fingerprint density at radius 1 is 1.24 bits per heavy atom. The fourth-order valence-electron chi connectivity index (χ4n) is 1.95. The van der Waals surface area contributed by atoms with E-state index < -0.39 is 0 Å². The molecular weight excluding hydrogens is 214 g/mol. The van der Waals surface area contributed by atoms with Crippen molar-refractivity contribution in [2.24, 2.45) is 5.41 Å². The van der Waals surface area contributed by atoms with Crippen LogP contribution in [-0.2, 0) is 9.59 Å². The highest BCUT2D eigenvalue weighted by atomic mass is 16.2. The lowest BCUT2D eigenvalue weighted by Gasteiger charge is -2.29. The van der Waals surface area contributed by atoms with Gasteiger partial charge in [0.2, 0.25) is 5.91 Å². The minimum absolute atomic E-state index is 0.272. The predicted octanol–water partition coefficient (Wildman–Crippen LogP) is 2.78. The Hall–Kier alpha value is -0.860. The maximum absolute atomic E-state index is 12.2. The zero-order valence-corrected chi connectivity index (χ0v) is 11.4. The van der Waals surface area contributed by atoms with Crippen LogP contribution >= 0.6 is 0 Å². The minimum Gasteiger partial charge on any atom is -0.339 e. The van der Waals surface area contributed by atoms with E-state index >= 15 is 0 Å². The largest absolute Gasteiger partial charge is 0.339 e. The van der Waals surface area contributed by atoms with E-state index in [9.17, 15) is 9.59 Å². The van der Waals surface area contributed by atoms with Crippen LogP contribution in [0.1, 0.15) is 59.3 Å². The quantitative estimate of drug-likeness (QED) is 0.506. The summed E-state index contributed by atoms with van der Waals surface area (Å²) in [6, 6.07) is 0.493. The first-order chi connectivity index (χ1) is 7.96. The molecule has 0 aromatic heterocycles. The van der Waals surface area contributed by atoms with Gasteiger partial charge in [-0.15, -0.1) is 0 Å². The number of unbranched alkanes of at least 4 members (excludes halogenated alkanes) is 3. The average Bonchev–Trinajstić information content (AvgIpc) is 3.05. The first-order valence-corrected chi connectivity index (χ1v) is 6.71. The molecule has 0 unspecified atom stereocenters. The Kier molecular flexibility index (Phi) is 5.16. The van der Waals surface area contributed by atoms with Gasteiger partial charge < -0.3 is 9.69 Å². The number of hydrogen-bond acceptors (Lipinski definition) is 2. The van der Waals surface area contributed by atoms with E-state index in [1.807, 2.05) is 20.8 Å². The van der Waals surface area contributed by atoms with Crippen LogP contribution in [0.4, 0.5) is 0 Å². The van der Waals surface area contributed by atoms with E-state index in [0.29, 0.717) is 12.5 Å². The van der Waals surface area contributed by atoms with Crippen molar-refractivity contribution in [3.63, 3.8) is 0 Å². The molecule has 0 saturated heterocycles. The summed E-state index contributed by atoms with van der Waals surface area (Å²) in [6.45, 7) is 6.81. The van der Waals surface area contributed by atoms with Gasteiger partial charge in [0.1, 0.15) is 6.29 Å². The summed E-state index contributed by atoms with van der Waals surface area (Å²) in [5, 5.41) is 0. The van der Waals surface area contributed by atoms with E-state index in [2.05, 4.69) is 4.90 Å². The van der Waals surface area contributed by atoms with Gasteiger partial charge in [0.15, 0.2) is 0 Å². The third-order valence-corrected chi connectivity index (χ3v) is 3.11. The fourth-order valence-corrected chi connectivity index (χ4v) is 1.95. The third kappa shape index (κ3) is 4.88. The van der Waals surface area contributed by atoms with E-state index in [1.165, 1.54) is 0 Å². The molecule has 0 N–H and O–H groups in total. The SMILES string of the molecule is CC(C)(C)C(=O)N(CCCCCC=O)C1CC1. The minimum atomic E-state index is -0.272. The highest BCUT2D eigenvalue weighted by Crippen LogP contribution is 2.31. The molecule has 0 spiro atoms. The van der Waals surface area contributed by atoms with Gasteiger partial charge in [-0.05, 0) is 25.7 Å². The molecule has 17 heavy (non-hydrogen) atoms. The first kappa shape index (κ1) is 14.2. The number of rotatable bonds is 7. The van der Waals surface area contributed by atoms with Crippen LogP contribution in [0.15, 0.2) is 0 Å². The van der Waals surface area contributed by atoms with E-state index in [0.717, 1.165) is 44.9 Å². The molecule has 1 aliphatic rings. The molecule has 3 nitrogen and oxygen atoms in total. The van der Waals surface area contributed by atoms with Gasteiger partial charge in [-0.1, -0.05) is 27.2 Å². The summed E-state index contributed by atoms with van der Waals surface area (Å²) >= 11 is 0. The molecule has 0 atom stereocenters. The van der Waals surface area contributed by atoms with Crippen molar-refractivity contribution >= 4 is 12.2 Å². The Labute approximate surface area is 105 Å².